The zero-order valence-electron chi connectivity index (χ0n) is 7.87. The Balaban J connectivity index is 2.53. The predicted octanol–water partition coefficient (Wildman–Crippen LogP) is 1.28. The number of halogens is 1. The Kier molecular flexibility index (Phi) is 3.87. The van der Waals surface area contributed by atoms with E-state index in [9.17, 15) is 5.11 Å². The molecule has 0 aliphatic rings. The van der Waals surface area contributed by atoms with Gasteiger partial charge in [0.15, 0.2) is 4.60 Å². The minimum Gasteiger partial charge on any atom is -0.393 e. The average molecular weight is 248 g/mol. The molecule has 74 valence electrons. The van der Waals surface area contributed by atoms with Gasteiger partial charge in [-0.1, -0.05) is 12.1 Å². The van der Waals surface area contributed by atoms with Crippen LogP contribution in [0.25, 0.3) is 0 Å². The number of aliphatic hydroxyl groups is 1. The van der Waals surface area contributed by atoms with Crippen LogP contribution in [0.3, 0.4) is 0 Å². The molecule has 0 amide bonds. The maximum atomic E-state index is 9.37. The van der Waals surface area contributed by atoms with Gasteiger partial charge >= 0.3 is 0 Å². The Morgan fingerprint density at radius 3 is 2.77 bits per heavy atom. The van der Waals surface area contributed by atoms with Crippen molar-refractivity contribution in [1.29, 1.82) is 0 Å². The lowest BCUT2D eigenvalue weighted by atomic mass is 10.1. The molecule has 0 radical (unpaired) electrons. The van der Waals surface area contributed by atoms with Crippen LogP contribution < -0.4 is 0 Å². The van der Waals surface area contributed by atoms with E-state index in [4.69, 9.17) is 0 Å². The van der Waals surface area contributed by atoms with Gasteiger partial charge in [0, 0.05) is 7.05 Å². The Bertz CT molecular complexity index is 255. The van der Waals surface area contributed by atoms with Crippen molar-refractivity contribution in [2.75, 3.05) is 0 Å². The fourth-order valence-electron chi connectivity index (χ4n) is 1.12. The third-order valence-electron chi connectivity index (χ3n) is 2.08. The molecule has 1 unspecified atom stereocenters. The summed E-state index contributed by atoms with van der Waals surface area (Å²) in [5.74, 6) is 0. The molecule has 1 N–H and O–H groups in total. The van der Waals surface area contributed by atoms with E-state index in [-0.39, 0.29) is 6.10 Å². The van der Waals surface area contributed by atoms with Crippen LogP contribution in [0.15, 0.2) is 4.60 Å². The highest BCUT2D eigenvalue weighted by molar-refractivity contribution is 9.10. The molecule has 0 aromatic carbocycles. The first-order valence-electron chi connectivity index (χ1n) is 4.37. The topological polar surface area (TPSA) is 50.9 Å². The standard InChI is InChI=1S/C8H14BrN3O/c1-3-6(13)4-5-7-8(9)10-11-12(7)2/h6,13H,3-5H2,1-2H3. The van der Waals surface area contributed by atoms with Crippen LogP contribution in [0, 0.1) is 0 Å². The summed E-state index contributed by atoms with van der Waals surface area (Å²) < 4.78 is 2.50. The minimum absolute atomic E-state index is 0.221. The zero-order chi connectivity index (χ0) is 9.84. The molecule has 0 fully saturated rings. The van der Waals surface area contributed by atoms with Crippen LogP contribution in [-0.2, 0) is 13.5 Å². The first kappa shape index (κ1) is 10.7. The minimum atomic E-state index is -0.221. The van der Waals surface area contributed by atoms with E-state index >= 15 is 0 Å². The van der Waals surface area contributed by atoms with Gasteiger partial charge in [-0.25, -0.2) is 0 Å². The molecule has 13 heavy (non-hydrogen) atoms. The number of hydrogen-bond donors (Lipinski definition) is 1. The Hall–Kier alpha value is -0.420. The van der Waals surface area contributed by atoms with Crippen LogP contribution in [0.4, 0.5) is 0 Å². The summed E-state index contributed by atoms with van der Waals surface area (Å²) in [6.07, 6.45) is 2.14. The van der Waals surface area contributed by atoms with E-state index in [1.54, 1.807) is 4.68 Å². The van der Waals surface area contributed by atoms with Crippen LogP contribution in [0.2, 0.25) is 0 Å². The van der Waals surface area contributed by atoms with E-state index in [1.165, 1.54) is 0 Å². The fourth-order valence-corrected chi connectivity index (χ4v) is 1.65. The van der Waals surface area contributed by atoms with Crippen molar-refractivity contribution >= 4 is 15.9 Å². The summed E-state index contributed by atoms with van der Waals surface area (Å²) >= 11 is 3.31. The Morgan fingerprint density at radius 2 is 2.31 bits per heavy atom. The lowest BCUT2D eigenvalue weighted by Crippen LogP contribution is -2.08. The monoisotopic (exact) mass is 247 g/mol. The van der Waals surface area contributed by atoms with Gasteiger partial charge in [0.1, 0.15) is 0 Å². The molecule has 0 saturated heterocycles. The molecule has 0 saturated carbocycles. The van der Waals surface area contributed by atoms with Crippen molar-refractivity contribution in [1.82, 2.24) is 15.0 Å². The lowest BCUT2D eigenvalue weighted by Gasteiger charge is -2.06. The number of aryl methyl sites for hydroxylation is 1. The van der Waals surface area contributed by atoms with Gasteiger partial charge in [-0.3, -0.25) is 4.68 Å². The second-order valence-electron chi connectivity index (χ2n) is 3.05. The highest BCUT2D eigenvalue weighted by Crippen LogP contribution is 2.14. The van der Waals surface area contributed by atoms with Gasteiger partial charge in [-0.2, -0.15) is 0 Å². The van der Waals surface area contributed by atoms with Gasteiger partial charge in [0.25, 0.3) is 0 Å². The molecule has 5 heteroatoms. The van der Waals surface area contributed by atoms with Crippen LogP contribution >= 0.6 is 15.9 Å². The number of nitrogens with zero attached hydrogens (tertiary/aromatic N) is 3. The molecule has 1 aromatic heterocycles. The molecule has 0 aliphatic carbocycles. The average Bonchev–Trinajstić information content (AvgIpc) is 2.43. The number of aromatic nitrogens is 3. The predicted molar refractivity (Wildman–Crippen MR) is 53.3 cm³/mol. The smallest absolute Gasteiger partial charge is 0.151 e. The number of rotatable bonds is 4. The molecule has 0 spiro atoms. The molecule has 0 bridgehead atoms. The van der Waals surface area contributed by atoms with Gasteiger partial charge in [-0.15, -0.1) is 5.10 Å². The maximum Gasteiger partial charge on any atom is 0.151 e. The third-order valence-corrected chi connectivity index (χ3v) is 2.70. The molecule has 4 nitrogen and oxygen atoms in total. The quantitative estimate of drug-likeness (QED) is 0.873. The largest absolute Gasteiger partial charge is 0.393 e. The van der Waals surface area contributed by atoms with Crippen molar-refractivity contribution in [3.63, 3.8) is 0 Å². The summed E-state index contributed by atoms with van der Waals surface area (Å²) in [4.78, 5) is 0. The zero-order valence-corrected chi connectivity index (χ0v) is 9.45. The van der Waals surface area contributed by atoms with E-state index in [0.29, 0.717) is 0 Å². The maximum absolute atomic E-state index is 9.37. The van der Waals surface area contributed by atoms with Crippen molar-refractivity contribution in [2.24, 2.45) is 7.05 Å². The molecular formula is C8H14BrN3O. The first-order valence-corrected chi connectivity index (χ1v) is 5.16. The Morgan fingerprint density at radius 1 is 1.62 bits per heavy atom. The van der Waals surface area contributed by atoms with Crippen LogP contribution in [0.5, 0.6) is 0 Å². The first-order chi connectivity index (χ1) is 6.15. The second kappa shape index (κ2) is 4.72. The molecule has 1 atom stereocenters. The normalized spacial score (nSPS) is 13.2. The highest BCUT2D eigenvalue weighted by Gasteiger charge is 2.09. The van der Waals surface area contributed by atoms with Crippen LogP contribution in [0.1, 0.15) is 25.5 Å². The molecule has 1 rings (SSSR count). The summed E-state index contributed by atoms with van der Waals surface area (Å²) in [5.41, 5.74) is 1.03. The molecule has 1 heterocycles. The van der Waals surface area contributed by atoms with E-state index < -0.39 is 0 Å². The number of aliphatic hydroxyl groups excluding tert-OH is 1. The summed E-state index contributed by atoms with van der Waals surface area (Å²) in [7, 11) is 1.85. The number of hydrogen-bond acceptors (Lipinski definition) is 3. The second-order valence-corrected chi connectivity index (χ2v) is 3.80. The van der Waals surface area contributed by atoms with Gasteiger partial charge in [0.05, 0.1) is 11.8 Å². The summed E-state index contributed by atoms with van der Waals surface area (Å²) in [6.45, 7) is 1.97. The highest BCUT2D eigenvalue weighted by atomic mass is 79.9. The summed E-state index contributed by atoms with van der Waals surface area (Å²) in [5, 5.41) is 17.1. The van der Waals surface area contributed by atoms with Gasteiger partial charge in [0.2, 0.25) is 0 Å². The van der Waals surface area contributed by atoms with Gasteiger partial charge < -0.3 is 5.11 Å². The van der Waals surface area contributed by atoms with Crippen molar-refractivity contribution < 1.29 is 5.11 Å². The SMILES string of the molecule is CCC(O)CCc1c(Br)nnn1C. The van der Waals surface area contributed by atoms with Crippen molar-refractivity contribution in [3.8, 4) is 0 Å². The van der Waals surface area contributed by atoms with E-state index in [0.717, 1.165) is 29.6 Å². The Labute approximate surface area is 86.1 Å². The lowest BCUT2D eigenvalue weighted by molar-refractivity contribution is 0.160. The van der Waals surface area contributed by atoms with Gasteiger partial charge in [-0.05, 0) is 35.2 Å². The molecule has 1 aromatic rings. The van der Waals surface area contributed by atoms with Crippen molar-refractivity contribution in [2.45, 2.75) is 32.3 Å². The van der Waals surface area contributed by atoms with E-state index in [1.807, 2.05) is 14.0 Å². The van der Waals surface area contributed by atoms with Crippen molar-refractivity contribution in [3.05, 3.63) is 10.3 Å². The van der Waals surface area contributed by atoms with E-state index in [2.05, 4.69) is 26.2 Å². The molecule has 0 aliphatic heterocycles. The fraction of sp³-hybridized carbons (Fsp3) is 0.750. The van der Waals surface area contributed by atoms with Crippen LogP contribution in [-0.4, -0.2) is 26.2 Å². The third kappa shape index (κ3) is 2.77. The summed E-state index contributed by atoms with van der Waals surface area (Å²) in [6, 6.07) is 0. The molecular weight excluding hydrogens is 234 g/mol.